The molecule has 3 aromatic rings. The van der Waals surface area contributed by atoms with E-state index >= 15 is 0 Å². The third-order valence-corrected chi connectivity index (χ3v) is 5.60. The standard InChI is InChI=1S/C20H22ClN5O2/c1-12-14-4-3-5-15(21)19(14)28-18(12)20(27)26-9-7-13(10-26)25(2)11-17-23-8-6-16(22)24-17/h3-6,8,13H,7,9-11H2,1-2H3,(H2,22,23,24)/t13-/m1/s1. The number of para-hydroxylation sites is 1. The number of benzene rings is 1. The number of likely N-dealkylation sites (tertiary alicyclic amines) is 1. The van der Waals surface area contributed by atoms with Crippen molar-refractivity contribution in [3.8, 4) is 0 Å². The minimum absolute atomic E-state index is 0.0964. The molecule has 1 aliphatic rings. The van der Waals surface area contributed by atoms with Gasteiger partial charge in [-0.2, -0.15) is 0 Å². The topological polar surface area (TPSA) is 88.5 Å². The van der Waals surface area contributed by atoms with Crippen molar-refractivity contribution in [2.75, 3.05) is 25.9 Å². The summed E-state index contributed by atoms with van der Waals surface area (Å²) in [4.78, 5) is 25.5. The first kappa shape index (κ1) is 18.7. The lowest BCUT2D eigenvalue weighted by molar-refractivity contribution is 0.0749. The minimum Gasteiger partial charge on any atom is -0.449 e. The number of carbonyl (C=O) groups is 1. The highest BCUT2D eigenvalue weighted by Gasteiger charge is 2.32. The Kier molecular flexibility index (Phi) is 4.95. The number of amides is 1. The predicted molar refractivity (Wildman–Crippen MR) is 108 cm³/mol. The number of fused-ring (bicyclic) bond motifs is 1. The van der Waals surface area contributed by atoms with Crippen LogP contribution < -0.4 is 5.73 Å². The summed E-state index contributed by atoms with van der Waals surface area (Å²) in [5, 5.41) is 1.39. The lowest BCUT2D eigenvalue weighted by Crippen LogP contribution is -2.36. The summed E-state index contributed by atoms with van der Waals surface area (Å²) in [7, 11) is 2.01. The highest BCUT2D eigenvalue weighted by Crippen LogP contribution is 2.32. The van der Waals surface area contributed by atoms with Gasteiger partial charge in [-0.05, 0) is 32.5 Å². The van der Waals surface area contributed by atoms with E-state index in [1.54, 1.807) is 18.3 Å². The highest BCUT2D eigenvalue weighted by molar-refractivity contribution is 6.35. The van der Waals surface area contributed by atoms with Crippen molar-refractivity contribution in [1.82, 2.24) is 19.8 Å². The number of nitrogens with two attached hydrogens (primary N) is 1. The number of hydrogen-bond acceptors (Lipinski definition) is 6. The Morgan fingerprint density at radius 1 is 1.43 bits per heavy atom. The fourth-order valence-electron chi connectivity index (χ4n) is 3.69. The summed E-state index contributed by atoms with van der Waals surface area (Å²) >= 11 is 6.21. The van der Waals surface area contributed by atoms with Crippen molar-refractivity contribution in [2.45, 2.75) is 25.9 Å². The fraction of sp³-hybridized carbons (Fsp3) is 0.350. The Balaban J connectivity index is 1.47. The first-order valence-electron chi connectivity index (χ1n) is 9.18. The smallest absolute Gasteiger partial charge is 0.289 e. The SMILES string of the molecule is Cc1c(C(=O)N2CC[C@@H](N(C)Cc3nccc(N)n3)C2)oc2c(Cl)cccc12. The summed E-state index contributed by atoms with van der Waals surface area (Å²) < 4.78 is 5.84. The molecule has 0 bridgehead atoms. The first-order valence-corrected chi connectivity index (χ1v) is 9.56. The number of furan rings is 1. The Labute approximate surface area is 168 Å². The molecule has 146 valence electrons. The van der Waals surface area contributed by atoms with Crippen LogP contribution in [-0.2, 0) is 6.54 Å². The molecule has 0 aliphatic carbocycles. The average Bonchev–Trinajstić information content (AvgIpc) is 3.28. The van der Waals surface area contributed by atoms with Crippen LogP contribution in [0.15, 0.2) is 34.9 Å². The molecule has 1 saturated heterocycles. The van der Waals surface area contributed by atoms with E-state index in [9.17, 15) is 4.79 Å². The molecule has 2 aromatic heterocycles. The molecule has 0 saturated carbocycles. The molecule has 3 heterocycles. The minimum atomic E-state index is -0.0964. The summed E-state index contributed by atoms with van der Waals surface area (Å²) in [5.41, 5.74) is 7.12. The molecule has 1 aromatic carbocycles. The maximum Gasteiger partial charge on any atom is 0.289 e. The van der Waals surface area contributed by atoms with Crippen LogP contribution in [0.4, 0.5) is 5.82 Å². The lowest BCUT2D eigenvalue weighted by atomic mass is 10.1. The molecular weight excluding hydrogens is 378 g/mol. The maximum absolute atomic E-state index is 13.0. The molecule has 2 N–H and O–H groups in total. The summed E-state index contributed by atoms with van der Waals surface area (Å²) in [6.07, 6.45) is 2.54. The van der Waals surface area contributed by atoms with Crippen LogP contribution in [0, 0.1) is 6.92 Å². The predicted octanol–water partition coefficient (Wildman–Crippen LogP) is 3.11. The van der Waals surface area contributed by atoms with Crippen molar-refractivity contribution in [1.29, 1.82) is 0 Å². The second kappa shape index (κ2) is 7.41. The summed E-state index contributed by atoms with van der Waals surface area (Å²) in [5.74, 6) is 1.40. The Morgan fingerprint density at radius 2 is 2.25 bits per heavy atom. The van der Waals surface area contributed by atoms with E-state index in [0.29, 0.717) is 47.6 Å². The zero-order valence-corrected chi connectivity index (χ0v) is 16.6. The molecule has 1 aliphatic heterocycles. The van der Waals surface area contributed by atoms with Gasteiger partial charge in [-0.1, -0.05) is 23.7 Å². The number of halogens is 1. The maximum atomic E-state index is 13.0. The van der Waals surface area contributed by atoms with E-state index in [0.717, 1.165) is 17.4 Å². The molecule has 8 heteroatoms. The normalized spacial score (nSPS) is 17.0. The van der Waals surface area contributed by atoms with Gasteiger partial charge in [0.25, 0.3) is 5.91 Å². The number of likely N-dealkylation sites (N-methyl/N-ethyl adjacent to an activating group) is 1. The van der Waals surface area contributed by atoms with Gasteiger partial charge in [0.05, 0.1) is 11.6 Å². The quantitative estimate of drug-likeness (QED) is 0.725. The van der Waals surface area contributed by atoms with Crippen LogP contribution in [0.2, 0.25) is 5.02 Å². The highest BCUT2D eigenvalue weighted by atomic mass is 35.5. The molecule has 0 radical (unpaired) electrons. The third kappa shape index (κ3) is 3.43. The van der Waals surface area contributed by atoms with Gasteiger partial charge in [0.15, 0.2) is 11.3 Å². The monoisotopic (exact) mass is 399 g/mol. The van der Waals surface area contributed by atoms with E-state index in [4.69, 9.17) is 21.8 Å². The molecule has 1 amide bonds. The second-order valence-corrected chi connectivity index (χ2v) is 7.59. The lowest BCUT2D eigenvalue weighted by Gasteiger charge is -2.23. The zero-order valence-electron chi connectivity index (χ0n) is 15.9. The van der Waals surface area contributed by atoms with Crippen molar-refractivity contribution < 1.29 is 9.21 Å². The number of carbonyl (C=O) groups excluding carboxylic acids is 1. The van der Waals surface area contributed by atoms with Gasteiger partial charge in [0, 0.05) is 36.3 Å². The van der Waals surface area contributed by atoms with Gasteiger partial charge < -0.3 is 15.1 Å². The number of nitrogens with zero attached hydrogens (tertiary/aromatic N) is 4. The number of nitrogen functional groups attached to an aromatic ring is 1. The van der Waals surface area contributed by atoms with Crippen LogP contribution >= 0.6 is 11.6 Å². The second-order valence-electron chi connectivity index (χ2n) is 7.18. The number of hydrogen-bond donors (Lipinski definition) is 1. The molecule has 0 unspecified atom stereocenters. The van der Waals surface area contributed by atoms with Crippen LogP contribution in [0.1, 0.15) is 28.4 Å². The van der Waals surface area contributed by atoms with Crippen LogP contribution in [0.25, 0.3) is 11.0 Å². The molecule has 1 fully saturated rings. The molecule has 1 atom stereocenters. The number of rotatable bonds is 4. The Morgan fingerprint density at radius 3 is 3.00 bits per heavy atom. The fourth-order valence-corrected chi connectivity index (χ4v) is 3.90. The number of aryl methyl sites for hydroxylation is 1. The first-order chi connectivity index (χ1) is 13.4. The molecular formula is C20H22ClN5O2. The van der Waals surface area contributed by atoms with Gasteiger partial charge in [0.2, 0.25) is 0 Å². The average molecular weight is 400 g/mol. The van der Waals surface area contributed by atoms with Crippen molar-refractivity contribution in [3.63, 3.8) is 0 Å². The van der Waals surface area contributed by atoms with Gasteiger partial charge >= 0.3 is 0 Å². The van der Waals surface area contributed by atoms with Gasteiger partial charge in [0.1, 0.15) is 11.6 Å². The number of anilines is 1. The number of aromatic nitrogens is 2. The molecule has 28 heavy (non-hydrogen) atoms. The van der Waals surface area contributed by atoms with E-state index < -0.39 is 0 Å². The Hall–Kier alpha value is -2.64. The van der Waals surface area contributed by atoms with E-state index in [1.165, 1.54) is 0 Å². The molecule has 0 spiro atoms. The van der Waals surface area contributed by atoms with E-state index in [-0.39, 0.29) is 11.9 Å². The van der Waals surface area contributed by atoms with E-state index in [2.05, 4.69) is 14.9 Å². The van der Waals surface area contributed by atoms with Crippen LogP contribution in [0.3, 0.4) is 0 Å². The van der Waals surface area contributed by atoms with Crippen LogP contribution in [0.5, 0.6) is 0 Å². The summed E-state index contributed by atoms with van der Waals surface area (Å²) in [6.45, 7) is 3.78. The molecule has 7 nitrogen and oxygen atoms in total. The molecule has 4 rings (SSSR count). The van der Waals surface area contributed by atoms with Gasteiger partial charge in [-0.15, -0.1) is 0 Å². The largest absolute Gasteiger partial charge is 0.449 e. The third-order valence-electron chi connectivity index (χ3n) is 5.30. The van der Waals surface area contributed by atoms with Gasteiger partial charge in [-0.25, -0.2) is 9.97 Å². The van der Waals surface area contributed by atoms with Crippen LogP contribution in [-0.4, -0.2) is 51.9 Å². The summed E-state index contributed by atoms with van der Waals surface area (Å²) in [6, 6.07) is 7.44. The Bertz CT molecular complexity index is 1030. The van der Waals surface area contributed by atoms with E-state index in [1.807, 2.05) is 31.0 Å². The van der Waals surface area contributed by atoms with Gasteiger partial charge in [-0.3, -0.25) is 9.69 Å². The van der Waals surface area contributed by atoms with Crippen molar-refractivity contribution in [3.05, 3.63) is 52.6 Å². The zero-order chi connectivity index (χ0) is 19.8. The van der Waals surface area contributed by atoms with Crippen molar-refractivity contribution in [2.24, 2.45) is 0 Å². The van der Waals surface area contributed by atoms with Crippen molar-refractivity contribution >= 4 is 34.3 Å².